The van der Waals surface area contributed by atoms with Gasteiger partial charge in [-0.1, -0.05) is 23.7 Å². The number of carbonyl (C=O) groups excluding carboxylic acids is 1. The summed E-state index contributed by atoms with van der Waals surface area (Å²) in [4.78, 5) is 20.7. The number of carbonyl (C=O) groups is 1. The molecule has 1 aliphatic rings. The molecular formula is C19H24ClN5O2. The first-order chi connectivity index (χ1) is 12.7. The number of anilines is 1. The molecule has 1 fully saturated rings. The maximum absolute atomic E-state index is 12.3. The Morgan fingerprint density at radius 1 is 1.22 bits per heavy atom. The molecule has 1 aromatic heterocycles. The van der Waals surface area contributed by atoms with Crippen LogP contribution in [0.5, 0.6) is 0 Å². The van der Waals surface area contributed by atoms with Gasteiger partial charge in [0.1, 0.15) is 5.60 Å². The predicted molar refractivity (Wildman–Crippen MR) is 105 cm³/mol. The number of hydrogen-bond acceptors (Lipinski definition) is 6. The smallest absolute Gasteiger partial charge is 0.410 e. The van der Waals surface area contributed by atoms with Crippen LogP contribution < -0.4 is 4.90 Å². The van der Waals surface area contributed by atoms with E-state index >= 15 is 0 Å². The Hall–Kier alpha value is -2.41. The number of halogens is 1. The van der Waals surface area contributed by atoms with Gasteiger partial charge in [-0.25, -0.2) is 9.78 Å². The van der Waals surface area contributed by atoms with Gasteiger partial charge in [-0.05, 0) is 39.8 Å². The highest BCUT2D eigenvalue weighted by atomic mass is 35.5. The minimum absolute atomic E-state index is 0.0496. The average Bonchev–Trinajstić information content (AvgIpc) is 2.61. The van der Waals surface area contributed by atoms with Gasteiger partial charge < -0.3 is 14.5 Å². The maximum Gasteiger partial charge on any atom is 0.410 e. The zero-order valence-corrected chi connectivity index (χ0v) is 16.8. The number of hydrogen-bond donors (Lipinski definition) is 0. The van der Waals surface area contributed by atoms with Crippen molar-refractivity contribution in [3.05, 3.63) is 35.5 Å². The zero-order valence-electron chi connectivity index (χ0n) is 16.0. The summed E-state index contributed by atoms with van der Waals surface area (Å²) >= 11 is 5.95. The van der Waals surface area contributed by atoms with Crippen LogP contribution in [0.3, 0.4) is 0 Å². The fourth-order valence-corrected chi connectivity index (χ4v) is 3.05. The summed E-state index contributed by atoms with van der Waals surface area (Å²) in [5, 5.41) is 8.97. The normalized spacial score (nSPS) is 17.7. The molecule has 27 heavy (non-hydrogen) atoms. The predicted octanol–water partition coefficient (Wildman–Crippen LogP) is 3.64. The molecule has 1 aromatic carbocycles. The highest BCUT2D eigenvalue weighted by Crippen LogP contribution is 2.23. The van der Waals surface area contributed by atoms with Crippen LogP contribution in [-0.4, -0.2) is 57.5 Å². The Kier molecular flexibility index (Phi) is 5.51. The molecule has 8 heteroatoms. The van der Waals surface area contributed by atoms with Crippen molar-refractivity contribution in [2.45, 2.75) is 39.3 Å². The molecule has 7 nitrogen and oxygen atoms in total. The molecule has 1 atom stereocenters. The molecule has 0 unspecified atom stereocenters. The van der Waals surface area contributed by atoms with Crippen LogP contribution in [-0.2, 0) is 4.74 Å². The number of aromatic nitrogens is 3. The van der Waals surface area contributed by atoms with Crippen molar-refractivity contribution in [3.63, 3.8) is 0 Å². The van der Waals surface area contributed by atoms with Crippen LogP contribution in [0.2, 0.25) is 5.02 Å². The quantitative estimate of drug-likeness (QED) is 0.780. The van der Waals surface area contributed by atoms with E-state index in [2.05, 4.69) is 20.1 Å². The maximum atomic E-state index is 12.3. The van der Waals surface area contributed by atoms with Crippen molar-refractivity contribution in [1.29, 1.82) is 0 Å². The number of amides is 1. The summed E-state index contributed by atoms with van der Waals surface area (Å²) < 4.78 is 5.47. The summed E-state index contributed by atoms with van der Waals surface area (Å²) in [5.41, 5.74) is 1.16. The SMILES string of the molecule is C[C@@H]1CN(C(=O)OC(C)(C)C)CCN1c1nncc(-c2ccc(Cl)cc2)n1. The lowest BCUT2D eigenvalue weighted by Crippen LogP contribution is -2.55. The standard InChI is InChI=1S/C19H24ClN5O2/c1-13-12-24(18(26)27-19(2,3)4)9-10-25(13)17-22-16(11-21-23-17)14-5-7-15(20)8-6-14/h5-8,11,13H,9-10,12H2,1-4H3/t13-/m1/s1. The summed E-state index contributed by atoms with van der Waals surface area (Å²) in [7, 11) is 0. The summed E-state index contributed by atoms with van der Waals surface area (Å²) in [6.07, 6.45) is 1.34. The monoisotopic (exact) mass is 389 g/mol. The van der Waals surface area contributed by atoms with Crippen molar-refractivity contribution < 1.29 is 9.53 Å². The third-order valence-corrected chi connectivity index (χ3v) is 4.48. The molecule has 2 heterocycles. The van der Waals surface area contributed by atoms with Crippen molar-refractivity contribution in [3.8, 4) is 11.3 Å². The molecule has 0 saturated carbocycles. The van der Waals surface area contributed by atoms with Gasteiger partial charge >= 0.3 is 6.09 Å². The summed E-state index contributed by atoms with van der Waals surface area (Å²) in [6, 6.07) is 7.50. The van der Waals surface area contributed by atoms with Gasteiger partial charge in [0.05, 0.1) is 11.9 Å². The Bertz CT molecular complexity index is 806. The second-order valence-corrected chi connectivity index (χ2v) is 8.05. The third-order valence-electron chi connectivity index (χ3n) is 4.22. The first-order valence-corrected chi connectivity index (χ1v) is 9.31. The van der Waals surface area contributed by atoms with Gasteiger partial charge in [0.25, 0.3) is 0 Å². The van der Waals surface area contributed by atoms with Crippen LogP contribution in [0.25, 0.3) is 11.3 Å². The number of rotatable bonds is 2. The van der Waals surface area contributed by atoms with E-state index in [1.165, 1.54) is 0 Å². The van der Waals surface area contributed by atoms with Gasteiger partial charge in [-0.15, -0.1) is 5.10 Å². The molecule has 1 aliphatic heterocycles. The fourth-order valence-electron chi connectivity index (χ4n) is 2.92. The highest BCUT2D eigenvalue weighted by molar-refractivity contribution is 6.30. The number of piperazine rings is 1. The van der Waals surface area contributed by atoms with Crippen molar-refractivity contribution >= 4 is 23.6 Å². The molecule has 2 aromatic rings. The van der Waals surface area contributed by atoms with Crippen LogP contribution >= 0.6 is 11.6 Å². The van der Waals surface area contributed by atoms with Gasteiger partial charge in [-0.2, -0.15) is 5.10 Å². The zero-order chi connectivity index (χ0) is 19.6. The molecule has 1 amide bonds. The van der Waals surface area contributed by atoms with Gasteiger partial charge in [0.2, 0.25) is 5.95 Å². The topological polar surface area (TPSA) is 71.5 Å². The van der Waals surface area contributed by atoms with Crippen LogP contribution in [0.1, 0.15) is 27.7 Å². The largest absolute Gasteiger partial charge is 0.444 e. The lowest BCUT2D eigenvalue weighted by atomic mass is 10.1. The molecule has 3 rings (SSSR count). The van der Waals surface area contributed by atoms with E-state index in [1.807, 2.05) is 52.0 Å². The second kappa shape index (κ2) is 7.68. The highest BCUT2D eigenvalue weighted by Gasteiger charge is 2.31. The van der Waals surface area contributed by atoms with Crippen LogP contribution in [0.4, 0.5) is 10.7 Å². The van der Waals surface area contributed by atoms with Gasteiger partial charge in [0.15, 0.2) is 0 Å². The molecule has 0 radical (unpaired) electrons. The summed E-state index contributed by atoms with van der Waals surface area (Å²) in [5.74, 6) is 0.554. The van der Waals surface area contributed by atoms with E-state index in [1.54, 1.807) is 11.1 Å². The minimum atomic E-state index is -0.503. The van der Waals surface area contributed by atoms with Gasteiger partial charge in [0, 0.05) is 36.3 Å². The number of ether oxygens (including phenoxy) is 1. The Morgan fingerprint density at radius 2 is 1.93 bits per heavy atom. The van der Waals surface area contributed by atoms with E-state index in [4.69, 9.17) is 16.3 Å². The molecule has 0 aliphatic carbocycles. The Morgan fingerprint density at radius 3 is 2.56 bits per heavy atom. The molecule has 144 valence electrons. The molecular weight excluding hydrogens is 366 g/mol. The minimum Gasteiger partial charge on any atom is -0.444 e. The fraction of sp³-hybridized carbons (Fsp3) is 0.474. The van der Waals surface area contributed by atoms with Crippen molar-refractivity contribution in [2.75, 3.05) is 24.5 Å². The third kappa shape index (κ3) is 4.86. The van der Waals surface area contributed by atoms with E-state index in [-0.39, 0.29) is 12.1 Å². The van der Waals surface area contributed by atoms with E-state index in [0.29, 0.717) is 30.6 Å². The number of nitrogens with zero attached hydrogens (tertiary/aromatic N) is 5. The van der Waals surface area contributed by atoms with E-state index in [9.17, 15) is 4.79 Å². The molecule has 0 spiro atoms. The lowest BCUT2D eigenvalue weighted by molar-refractivity contribution is 0.0218. The Balaban J connectivity index is 1.72. The van der Waals surface area contributed by atoms with Crippen molar-refractivity contribution in [1.82, 2.24) is 20.1 Å². The van der Waals surface area contributed by atoms with E-state index in [0.717, 1.165) is 11.3 Å². The van der Waals surface area contributed by atoms with E-state index < -0.39 is 5.60 Å². The number of benzene rings is 1. The van der Waals surface area contributed by atoms with Gasteiger partial charge in [-0.3, -0.25) is 0 Å². The average molecular weight is 390 g/mol. The molecule has 0 N–H and O–H groups in total. The van der Waals surface area contributed by atoms with Crippen molar-refractivity contribution in [2.24, 2.45) is 0 Å². The van der Waals surface area contributed by atoms with Crippen LogP contribution in [0, 0.1) is 0 Å². The first kappa shape index (κ1) is 19.4. The Labute approximate surface area is 164 Å². The second-order valence-electron chi connectivity index (χ2n) is 7.62. The van der Waals surface area contributed by atoms with Crippen LogP contribution in [0.15, 0.2) is 30.5 Å². The summed E-state index contributed by atoms with van der Waals surface area (Å²) in [6.45, 7) is 9.35. The lowest BCUT2D eigenvalue weighted by Gasteiger charge is -2.39. The first-order valence-electron chi connectivity index (χ1n) is 8.93. The molecule has 0 bridgehead atoms. The molecule has 1 saturated heterocycles.